The maximum Gasteiger partial charge on any atom is 0.126 e. The van der Waals surface area contributed by atoms with Crippen LogP contribution in [-0.2, 0) is 6.54 Å². The first-order valence-corrected chi connectivity index (χ1v) is 2.55. The fourth-order valence-electron chi connectivity index (χ4n) is 0.835. The Labute approximate surface area is 47.3 Å². The Bertz CT molecular complexity index is 173. The van der Waals surface area contributed by atoms with Gasteiger partial charge >= 0.3 is 0 Å². The molecular formula is C5H6N3. The van der Waals surface area contributed by atoms with Crippen molar-refractivity contribution >= 4 is 5.82 Å². The summed E-state index contributed by atoms with van der Waals surface area (Å²) in [6.45, 7) is 2.94. The van der Waals surface area contributed by atoms with Gasteiger partial charge in [-0.2, -0.15) is 0 Å². The summed E-state index contributed by atoms with van der Waals surface area (Å²) in [5, 5.41) is 3.06. The average Bonchev–Trinajstić information content (AvgIpc) is 2.15. The summed E-state index contributed by atoms with van der Waals surface area (Å²) in [6, 6.07) is 0. The summed E-state index contributed by atoms with van der Waals surface area (Å²) < 4.78 is 2.04. The van der Waals surface area contributed by atoms with Gasteiger partial charge < -0.3 is 9.88 Å². The van der Waals surface area contributed by atoms with Crippen molar-refractivity contribution in [3.05, 3.63) is 19.1 Å². The lowest BCUT2D eigenvalue weighted by Crippen LogP contribution is -1.85. The third-order valence-electron chi connectivity index (χ3n) is 1.25. The van der Waals surface area contributed by atoms with Gasteiger partial charge in [-0.1, -0.05) is 0 Å². The van der Waals surface area contributed by atoms with E-state index >= 15 is 0 Å². The van der Waals surface area contributed by atoms with E-state index in [1.54, 1.807) is 0 Å². The standard InChI is InChI=1S/C5H6N3/c1-2-8-4-6-3-5(8)7-1/h1,3-4,7H,2H2. The van der Waals surface area contributed by atoms with E-state index in [2.05, 4.69) is 10.3 Å². The van der Waals surface area contributed by atoms with E-state index in [-0.39, 0.29) is 0 Å². The smallest absolute Gasteiger partial charge is 0.126 e. The summed E-state index contributed by atoms with van der Waals surface area (Å²) in [4.78, 5) is 3.92. The van der Waals surface area contributed by atoms with Gasteiger partial charge in [-0.05, 0) is 0 Å². The Morgan fingerprint density at radius 3 is 3.62 bits per heavy atom. The fraction of sp³-hybridized carbons (Fsp3) is 0.200. The quantitative estimate of drug-likeness (QED) is 0.523. The first-order valence-electron chi connectivity index (χ1n) is 2.55. The third-order valence-corrected chi connectivity index (χ3v) is 1.25. The van der Waals surface area contributed by atoms with Gasteiger partial charge in [0.2, 0.25) is 0 Å². The summed E-state index contributed by atoms with van der Waals surface area (Å²) in [6.07, 6.45) is 3.62. The molecule has 1 aliphatic rings. The number of imidazole rings is 1. The molecule has 2 rings (SSSR count). The molecule has 0 saturated carbocycles. The molecule has 0 fully saturated rings. The predicted molar refractivity (Wildman–Crippen MR) is 30.1 cm³/mol. The lowest BCUT2D eigenvalue weighted by atomic mass is 10.7. The number of hydrogen-bond donors (Lipinski definition) is 1. The first-order chi connectivity index (χ1) is 3.97. The van der Waals surface area contributed by atoms with Gasteiger partial charge in [0, 0.05) is 6.54 Å². The second-order valence-electron chi connectivity index (χ2n) is 1.78. The molecule has 41 valence electrons. The SMILES string of the molecule is [CH]1Cn2cncc2N1. The van der Waals surface area contributed by atoms with Crippen LogP contribution in [0.3, 0.4) is 0 Å². The van der Waals surface area contributed by atoms with E-state index in [9.17, 15) is 0 Å². The Hall–Kier alpha value is -0.990. The molecule has 0 amide bonds. The van der Waals surface area contributed by atoms with Crippen molar-refractivity contribution in [1.29, 1.82) is 0 Å². The third kappa shape index (κ3) is 0.358. The Balaban J connectivity index is 2.54. The van der Waals surface area contributed by atoms with Gasteiger partial charge in [-0.25, -0.2) is 4.98 Å². The molecule has 0 spiro atoms. The fourth-order valence-corrected chi connectivity index (χ4v) is 0.835. The van der Waals surface area contributed by atoms with E-state index in [0.29, 0.717) is 0 Å². The highest BCUT2D eigenvalue weighted by Crippen LogP contribution is 2.12. The number of anilines is 1. The zero-order valence-electron chi connectivity index (χ0n) is 4.33. The average molecular weight is 108 g/mol. The molecule has 0 saturated heterocycles. The molecule has 0 aromatic carbocycles. The monoisotopic (exact) mass is 108 g/mol. The second kappa shape index (κ2) is 1.24. The highest BCUT2D eigenvalue weighted by atomic mass is 15.2. The maximum absolute atomic E-state index is 3.92. The minimum Gasteiger partial charge on any atom is -0.363 e. The number of rotatable bonds is 0. The molecule has 2 heterocycles. The number of aromatic nitrogens is 2. The van der Waals surface area contributed by atoms with E-state index in [1.165, 1.54) is 0 Å². The van der Waals surface area contributed by atoms with Crippen molar-refractivity contribution in [2.24, 2.45) is 0 Å². The van der Waals surface area contributed by atoms with E-state index in [0.717, 1.165) is 12.4 Å². The number of nitrogens with zero attached hydrogens (tertiary/aromatic N) is 2. The van der Waals surface area contributed by atoms with Crippen molar-refractivity contribution in [1.82, 2.24) is 9.55 Å². The topological polar surface area (TPSA) is 29.9 Å². The second-order valence-corrected chi connectivity index (χ2v) is 1.78. The van der Waals surface area contributed by atoms with Crippen LogP contribution in [0.1, 0.15) is 0 Å². The molecule has 1 aliphatic heterocycles. The van der Waals surface area contributed by atoms with Crippen LogP contribution in [0.15, 0.2) is 12.5 Å². The van der Waals surface area contributed by atoms with Crippen molar-refractivity contribution in [3.63, 3.8) is 0 Å². The van der Waals surface area contributed by atoms with Crippen molar-refractivity contribution in [2.45, 2.75) is 6.54 Å². The number of nitrogens with one attached hydrogen (secondary N) is 1. The lowest BCUT2D eigenvalue weighted by molar-refractivity contribution is 0.845. The van der Waals surface area contributed by atoms with Gasteiger partial charge in [0.05, 0.1) is 19.1 Å². The van der Waals surface area contributed by atoms with Crippen LogP contribution in [-0.4, -0.2) is 9.55 Å². The molecule has 1 N–H and O–H groups in total. The van der Waals surface area contributed by atoms with Gasteiger partial charge in [0.15, 0.2) is 0 Å². The van der Waals surface area contributed by atoms with Gasteiger partial charge in [-0.3, -0.25) is 0 Å². The minimum atomic E-state index is 0.940. The predicted octanol–water partition coefficient (Wildman–Crippen LogP) is 0.470. The summed E-state index contributed by atoms with van der Waals surface area (Å²) in [5.41, 5.74) is 0. The van der Waals surface area contributed by atoms with Crippen LogP contribution >= 0.6 is 0 Å². The highest BCUT2D eigenvalue weighted by molar-refractivity contribution is 5.38. The molecule has 0 atom stereocenters. The summed E-state index contributed by atoms with van der Waals surface area (Å²) >= 11 is 0. The molecule has 0 bridgehead atoms. The van der Waals surface area contributed by atoms with Gasteiger partial charge in [-0.15, -0.1) is 0 Å². The summed E-state index contributed by atoms with van der Waals surface area (Å²) in [7, 11) is 0. The van der Waals surface area contributed by atoms with Crippen LogP contribution in [0, 0.1) is 6.54 Å². The van der Waals surface area contributed by atoms with Crippen LogP contribution in [0.2, 0.25) is 0 Å². The zero-order valence-corrected chi connectivity index (χ0v) is 4.33. The Morgan fingerprint density at radius 2 is 2.75 bits per heavy atom. The number of hydrogen-bond acceptors (Lipinski definition) is 2. The normalized spacial score (nSPS) is 15.5. The lowest BCUT2D eigenvalue weighted by Gasteiger charge is -1.86. The molecule has 1 radical (unpaired) electrons. The number of fused-ring (bicyclic) bond motifs is 1. The van der Waals surface area contributed by atoms with Crippen molar-refractivity contribution < 1.29 is 0 Å². The largest absolute Gasteiger partial charge is 0.363 e. The minimum absolute atomic E-state index is 0.940. The molecule has 3 heteroatoms. The molecule has 3 nitrogen and oxygen atoms in total. The highest BCUT2D eigenvalue weighted by Gasteiger charge is 2.06. The van der Waals surface area contributed by atoms with Gasteiger partial charge in [0.25, 0.3) is 0 Å². The van der Waals surface area contributed by atoms with Crippen LogP contribution in [0.5, 0.6) is 0 Å². The van der Waals surface area contributed by atoms with E-state index in [1.807, 2.05) is 23.6 Å². The van der Waals surface area contributed by atoms with Crippen LogP contribution < -0.4 is 5.32 Å². The molecular weight excluding hydrogens is 102 g/mol. The van der Waals surface area contributed by atoms with Crippen molar-refractivity contribution in [2.75, 3.05) is 5.32 Å². The van der Waals surface area contributed by atoms with E-state index < -0.39 is 0 Å². The molecule has 8 heavy (non-hydrogen) atoms. The first kappa shape index (κ1) is 3.95. The molecule has 1 aromatic rings. The summed E-state index contributed by atoms with van der Waals surface area (Å²) in [5.74, 6) is 1.09. The molecule has 1 aromatic heterocycles. The zero-order chi connectivity index (χ0) is 5.40. The van der Waals surface area contributed by atoms with Crippen LogP contribution in [0.25, 0.3) is 0 Å². The van der Waals surface area contributed by atoms with E-state index in [4.69, 9.17) is 0 Å². The van der Waals surface area contributed by atoms with Crippen LogP contribution in [0.4, 0.5) is 5.82 Å². The molecule has 0 unspecified atom stereocenters. The maximum atomic E-state index is 3.92. The molecule has 0 aliphatic carbocycles. The van der Waals surface area contributed by atoms with Gasteiger partial charge in [0.1, 0.15) is 5.82 Å². The van der Waals surface area contributed by atoms with Crippen molar-refractivity contribution in [3.8, 4) is 0 Å². The Kier molecular flexibility index (Phi) is 0.614. The Morgan fingerprint density at radius 1 is 1.75 bits per heavy atom.